The summed E-state index contributed by atoms with van der Waals surface area (Å²) >= 11 is 1.18. The highest BCUT2D eigenvalue weighted by molar-refractivity contribution is 7.90. The highest BCUT2D eigenvalue weighted by Gasteiger charge is 2.17. The van der Waals surface area contributed by atoms with Crippen LogP contribution in [0.15, 0.2) is 0 Å². The van der Waals surface area contributed by atoms with Crippen LogP contribution in [-0.4, -0.2) is 19.2 Å². The van der Waals surface area contributed by atoms with Gasteiger partial charge in [-0.1, -0.05) is 20.8 Å². The molecule has 4 nitrogen and oxygen atoms in total. The van der Waals surface area contributed by atoms with Gasteiger partial charge in [-0.2, -0.15) is 5.26 Å². The van der Waals surface area contributed by atoms with E-state index >= 15 is 0 Å². The second kappa shape index (κ2) is 4.93. The van der Waals surface area contributed by atoms with Gasteiger partial charge in [0.15, 0.2) is 9.84 Å². The van der Waals surface area contributed by atoms with Gasteiger partial charge >= 0.3 is 0 Å². The first kappa shape index (κ1) is 13.1. The fourth-order valence-corrected chi connectivity index (χ4v) is 3.43. The Labute approximate surface area is 99.9 Å². The third-order valence-corrected chi connectivity index (χ3v) is 4.88. The molecular weight excluding hydrogens is 244 g/mol. The SMILES string of the molecule is CCS(=O)(=O)Cc1nc(C(C)C)c(C#N)s1. The minimum absolute atomic E-state index is 0.0600. The molecule has 0 aliphatic rings. The lowest BCUT2D eigenvalue weighted by atomic mass is 10.1. The highest BCUT2D eigenvalue weighted by atomic mass is 32.2. The van der Waals surface area contributed by atoms with E-state index in [2.05, 4.69) is 11.1 Å². The predicted molar refractivity (Wildman–Crippen MR) is 64.1 cm³/mol. The quantitative estimate of drug-likeness (QED) is 0.829. The van der Waals surface area contributed by atoms with E-state index in [4.69, 9.17) is 5.26 Å². The van der Waals surface area contributed by atoms with Gasteiger partial charge < -0.3 is 0 Å². The molecule has 1 aromatic rings. The molecule has 0 radical (unpaired) electrons. The van der Waals surface area contributed by atoms with Gasteiger partial charge in [0.05, 0.1) is 5.69 Å². The lowest BCUT2D eigenvalue weighted by molar-refractivity contribution is 0.596. The molecule has 0 aliphatic carbocycles. The Bertz CT molecular complexity index is 509. The van der Waals surface area contributed by atoms with Crippen molar-refractivity contribution in [2.45, 2.75) is 32.4 Å². The molecule has 6 heteroatoms. The van der Waals surface area contributed by atoms with Crippen LogP contribution in [0.4, 0.5) is 0 Å². The van der Waals surface area contributed by atoms with Crippen LogP contribution in [0.25, 0.3) is 0 Å². The zero-order valence-corrected chi connectivity index (χ0v) is 11.2. The lowest BCUT2D eigenvalue weighted by Crippen LogP contribution is -2.06. The van der Waals surface area contributed by atoms with E-state index in [1.807, 2.05) is 13.8 Å². The van der Waals surface area contributed by atoms with E-state index < -0.39 is 9.84 Å². The molecule has 0 unspecified atom stereocenters. The molecule has 0 saturated carbocycles. The van der Waals surface area contributed by atoms with Gasteiger partial charge in [0.1, 0.15) is 21.7 Å². The van der Waals surface area contributed by atoms with Crippen LogP contribution in [0.1, 0.15) is 42.3 Å². The molecule has 1 rings (SSSR count). The smallest absolute Gasteiger partial charge is 0.156 e. The van der Waals surface area contributed by atoms with E-state index in [1.54, 1.807) is 6.92 Å². The van der Waals surface area contributed by atoms with Crippen molar-refractivity contribution < 1.29 is 8.42 Å². The van der Waals surface area contributed by atoms with Crippen molar-refractivity contribution >= 4 is 21.2 Å². The predicted octanol–water partition coefficient (Wildman–Crippen LogP) is 2.07. The van der Waals surface area contributed by atoms with Crippen molar-refractivity contribution in [2.75, 3.05) is 5.75 Å². The Morgan fingerprint density at radius 1 is 1.50 bits per heavy atom. The maximum Gasteiger partial charge on any atom is 0.156 e. The van der Waals surface area contributed by atoms with Crippen molar-refractivity contribution in [1.29, 1.82) is 5.26 Å². The molecule has 0 atom stereocenters. The number of nitrogens with zero attached hydrogens (tertiary/aromatic N) is 2. The van der Waals surface area contributed by atoms with Crippen LogP contribution >= 0.6 is 11.3 Å². The van der Waals surface area contributed by atoms with Gasteiger partial charge in [0.2, 0.25) is 0 Å². The van der Waals surface area contributed by atoms with Crippen molar-refractivity contribution in [3.63, 3.8) is 0 Å². The molecule has 0 bridgehead atoms. The highest BCUT2D eigenvalue weighted by Crippen LogP contribution is 2.25. The standard InChI is InChI=1S/C10H14N2O2S2/c1-4-16(13,14)6-9-12-10(7(2)3)8(5-11)15-9/h7H,4,6H2,1-3H3. The summed E-state index contributed by atoms with van der Waals surface area (Å²) in [5.74, 6) is 0.185. The summed E-state index contributed by atoms with van der Waals surface area (Å²) < 4.78 is 22.9. The number of thiazole rings is 1. The van der Waals surface area contributed by atoms with Gasteiger partial charge in [-0.15, -0.1) is 11.3 Å². The van der Waals surface area contributed by atoms with E-state index in [9.17, 15) is 8.42 Å². The minimum atomic E-state index is -3.07. The third-order valence-electron chi connectivity index (χ3n) is 2.13. The van der Waals surface area contributed by atoms with Crippen LogP contribution in [0.2, 0.25) is 0 Å². The molecule has 1 aromatic heterocycles. The number of aromatic nitrogens is 1. The lowest BCUT2D eigenvalue weighted by Gasteiger charge is -1.99. The normalized spacial score (nSPS) is 11.7. The van der Waals surface area contributed by atoms with Gasteiger partial charge in [-0.25, -0.2) is 13.4 Å². The maximum atomic E-state index is 11.4. The minimum Gasteiger partial charge on any atom is -0.243 e. The molecule has 88 valence electrons. The summed E-state index contributed by atoms with van der Waals surface area (Å²) in [5.41, 5.74) is 0.703. The first-order valence-electron chi connectivity index (χ1n) is 4.99. The second-order valence-corrected chi connectivity index (χ2v) is 7.20. The largest absolute Gasteiger partial charge is 0.243 e. The number of sulfone groups is 1. The van der Waals surface area contributed by atoms with Gasteiger partial charge in [0.25, 0.3) is 0 Å². The fraction of sp³-hybridized carbons (Fsp3) is 0.600. The molecular formula is C10H14N2O2S2. The molecule has 0 amide bonds. The van der Waals surface area contributed by atoms with E-state index in [-0.39, 0.29) is 17.4 Å². The van der Waals surface area contributed by atoms with Gasteiger partial charge in [0, 0.05) is 5.75 Å². The molecule has 16 heavy (non-hydrogen) atoms. The van der Waals surface area contributed by atoms with E-state index in [0.717, 1.165) is 0 Å². The van der Waals surface area contributed by atoms with Crippen LogP contribution in [0, 0.1) is 11.3 Å². The number of nitriles is 1. The monoisotopic (exact) mass is 258 g/mol. The molecule has 0 fully saturated rings. The van der Waals surface area contributed by atoms with E-state index in [1.165, 1.54) is 11.3 Å². The van der Waals surface area contributed by atoms with Crippen molar-refractivity contribution in [1.82, 2.24) is 4.98 Å². The molecule has 0 spiro atoms. The zero-order valence-electron chi connectivity index (χ0n) is 9.52. The third kappa shape index (κ3) is 3.03. The number of rotatable bonds is 4. The summed E-state index contributed by atoms with van der Waals surface area (Å²) in [6.45, 7) is 5.49. The number of hydrogen-bond acceptors (Lipinski definition) is 5. The summed E-state index contributed by atoms with van der Waals surface area (Å²) in [6, 6.07) is 2.06. The number of hydrogen-bond donors (Lipinski definition) is 0. The molecule has 0 aliphatic heterocycles. The Hall–Kier alpha value is -0.930. The van der Waals surface area contributed by atoms with Crippen LogP contribution in [0.3, 0.4) is 0 Å². The topological polar surface area (TPSA) is 70.8 Å². The van der Waals surface area contributed by atoms with Crippen LogP contribution in [-0.2, 0) is 15.6 Å². The molecule has 0 saturated heterocycles. The summed E-state index contributed by atoms with van der Waals surface area (Å²) in [6.07, 6.45) is 0. The summed E-state index contributed by atoms with van der Waals surface area (Å²) in [4.78, 5) is 4.75. The van der Waals surface area contributed by atoms with Crippen molar-refractivity contribution in [3.05, 3.63) is 15.6 Å². The zero-order chi connectivity index (χ0) is 12.3. The first-order valence-corrected chi connectivity index (χ1v) is 7.63. The second-order valence-electron chi connectivity index (χ2n) is 3.77. The Morgan fingerprint density at radius 3 is 2.50 bits per heavy atom. The summed E-state index contributed by atoms with van der Waals surface area (Å²) in [7, 11) is -3.07. The van der Waals surface area contributed by atoms with Crippen molar-refractivity contribution in [3.8, 4) is 6.07 Å². The molecule has 1 heterocycles. The van der Waals surface area contributed by atoms with Crippen LogP contribution < -0.4 is 0 Å². The molecule has 0 N–H and O–H groups in total. The van der Waals surface area contributed by atoms with Gasteiger partial charge in [-0.3, -0.25) is 0 Å². The first-order chi connectivity index (χ1) is 7.39. The fourth-order valence-electron chi connectivity index (χ4n) is 1.20. The molecule has 0 aromatic carbocycles. The summed E-state index contributed by atoms with van der Waals surface area (Å²) in [5, 5.41) is 9.42. The average Bonchev–Trinajstić information content (AvgIpc) is 2.60. The van der Waals surface area contributed by atoms with Crippen molar-refractivity contribution in [2.24, 2.45) is 0 Å². The Balaban J connectivity index is 3.06. The van der Waals surface area contributed by atoms with E-state index in [0.29, 0.717) is 15.6 Å². The van der Waals surface area contributed by atoms with Gasteiger partial charge in [-0.05, 0) is 5.92 Å². The maximum absolute atomic E-state index is 11.4. The average molecular weight is 258 g/mol. The Kier molecular flexibility index (Phi) is 4.05. The Morgan fingerprint density at radius 2 is 2.12 bits per heavy atom. The van der Waals surface area contributed by atoms with Crippen LogP contribution in [0.5, 0.6) is 0 Å².